The van der Waals surface area contributed by atoms with Gasteiger partial charge in [-0.05, 0) is 36.5 Å². The number of aliphatic carboxylic acids is 1. The lowest BCUT2D eigenvalue weighted by Gasteiger charge is -2.34. The van der Waals surface area contributed by atoms with E-state index >= 15 is 0 Å². The smallest absolute Gasteiger partial charge is 0.329 e. The highest BCUT2D eigenvalue weighted by Crippen LogP contribution is 2.33. The summed E-state index contributed by atoms with van der Waals surface area (Å²) >= 11 is 7.84. The summed E-state index contributed by atoms with van der Waals surface area (Å²) in [4.78, 5) is 11.5. The van der Waals surface area contributed by atoms with E-state index in [0.29, 0.717) is 23.6 Å². The first kappa shape index (κ1) is 12.6. The molecule has 1 aromatic rings. The molecule has 0 aromatic heterocycles. The van der Waals surface area contributed by atoms with E-state index in [2.05, 4.69) is 5.32 Å². The van der Waals surface area contributed by atoms with Gasteiger partial charge in [0.15, 0.2) is 0 Å². The van der Waals surface area contributed by atoms with Crippen molar-refractivity contribution in [2.45, 2.75) is 18.4 Å². The van der Waals surface area contributed by atoms with Gasteiger partial charge in [0.05, 0.1) is 10.7 Å². The van der Waals surface area contributed by atoms with E-state index in [1.165, 1.54) is 0 Å². The van der Waals surface area contributed by atoms with Crippen LogP contribution in [0.2, 0.25) is 5.02 Å². The molecule has 0 amide bonds. The van der Waals surface area contributed by atoms with E-state index in [4.69, 9.17) is 11.6 Å². The fraction of sp³-hybridized carbons (Fsp3) is 0.417. The second kappa shape index (κ2) is 5.19. The van der Waals surface area contributed by atoms with Crippen molar-refractivity contribution in [1.82, 2.24) is 0 Å². The third-order valence-corrected chi connectivity index (χ3v) is 4.32. The number of hydrogen-bond acceptors (Lipinski definition) is 3. The van der Waals surface area contributed by atoms with Gasteiger partial charge in [0.25, 0.3) is 0 Å². The maximum absolute atomic E-state index is 11.5. The van der Waals surface area contributed by atoms with Crippen LogP contribution in [-0.4, -0.2) is 28.1 Å². The molecule has 3 nitrogen and oxygen atoms in total. The topological polar surface area (TPSA) is 49.3 Å². The van der Waals surface area contributed by atoms with Crippen molar-refractivity contribution < 1.29 is 9.90 Å². The minimum atomic E-state index is -0.865. The van der Waals surface area contributed by atoms with Crippen molar-refractivity contribution in [3.05, 3.63) is 29.3 Å². The van der Waals surface area contributed by atoms with Gasteiger partial charge in [-0.25, -0.2) is 4.79 Å². The molecule has 0 atom stereocenters. The number of carboxylic acid groups (broad SMARTS) is 1. The van der Waals surface area contributed by atoms with Crippen LogP contribution in [0.1, 0.15) is 12.8 Å². The Morgan fingerprint density at radius 1 is 1.35 bits per heavy atom. The predicted octanol–water partition coefficient (Wildman–Crippen LogP) is 3.10. The highest BCUT2D eigenvalue weighted by Gasteiger charge is 2.40. The van der Waals surface area contributed by atoms with Crippen molar-refractivity contribution in [1.29, 1.82) is 0 Å². The number of carbonyl (C=O) groups is 1. The summed E-state index contributed by atoms with van der Waals surface area (Å²) < 4.78 is 0. The number of benzene rings is 1. The summed E-state index contributed by atoms with van der Waals surface area (Å²) in [5.74, 6) is 0.936. The first-order valence-corrected chi connectivity index (χ1v) is 7.01. The lowest BCUT2D eigenvalue weighted by molar-refractivity contribution is -0.142. The average Bonchev–Trinajstić information content (AvgIpc) is 2.33. The zero-order chi connectivity index (χ0) is 12.3. The minimum absolute atomic E-state index is 0.561. The molecular weight excluding hydrogens is 258 g/mol. The highest BCUT2D eigenvalue weighted by atomic mass is 35.5. The number of halogens is 1. The molecule has 0 aliphatic carbocycles. The van der Waals surface area contributed by atoms with Crippen LogP contribution in [0.4, 0.5) is 5.69 Å². The van der Waals surface area contributed by atoms with Crippen molar-refractivity contribution in [3.8, 4) is 0 Å². The van der Waals surface area contributed by atoms with Gasteiger partial charge in [-0.15, -0.1) is 0 Å². The fourth-order valence-electron chi connectivity index (χ4n) is 1.93. The van der Waals surface area contributed by atoms with Gasteiger partial charge in [0.1, 0.15) is 5.54 Å². The Morgan fingerprint density at radius 2 is 2.00 bits per heavy atom. The molecule has 5 heteroatoms. The average molecular weight is 272 g/mol. The van der Waals surface area contributed by atoms with E-state index in [1.807, 2.05) is 18.2 Å². The number of para-hydroxylation sites is 1. The van der Waals surface area contributed by atoms with Crippen LogP contribution >= 0.6 is 23.4 Å². The van der Waals surface area contributed by atoms with E-state index in [1.54, 1.807) is 17.8 Å². The maximum atomic E-state index is 11.5. The Bertz CT molecular complexity index is 419. The predicted molar refractivity (Wildman–Crippen MR) is 72.0 cm³/mol. The van der Waals surface area contributed by atoms with E-state index < -0.39 is 11.5 Å². The number of rotatable bonds is 3. The first-order valence-electron chi connectivity index (χ1n) is 5.48. The third-order valence-electron chi connectivity index (χ3n) is 3.00. The molecule has 1 aromatic carbocycles. The standard InChI is InChI=1S/C12H14ClNO2S/c13-9-3-1-2-4-10(9)14-12(11(15)16)5-7-17-8-6-12/h1-4,14H,5-8H2,(H,15,16). The Hall–Kier alpha value is -0.870. The molecule has 0 spiro atoms. The molecule has 1 fully saturated rings. The minimum Gasteiger partial charge on any atom is -0.480 e. The zero-order valence-electron chi connectivity index (χ0n) is 9.28. The Labute approximate surface area is 110 Å². The molecule has 1 aliphatic rings. The van der Waals surface area contributed by atoms with Gasteiger partial charge in [-0.3, -0.25) is 0 Å². The van der Waals surface area contributed by atoms with Crippen molar-refractivity contribution in [2.75, 3.05) is 16.8 Å². The van der Waals surface area contributed by atoms with Crippen LogP contribution in [0.25, 0.3) is 0 Å². The molecule has 0 unspecified atom stereocenters. The Kier molecular flexibility index (Phi) is 3.84. The summed E-state index contributed by atoms with van der Waals surface area (Å²) in [7, 11) is 0. The molecule has 0 bridgehead atoms. The lowest BCUT2D eigenvalue weighted by Crippen LogP contribution is -2.49. The highest BCUT2D eigenvalue weighted by molar-refractivity contribution is 7.99. The van der Waals surface area contributed by atoms with E-state index in [9.17, 15) is 9.90 Å². The number of anilines is 1. The van der Waals surface area contributed by atoms with Crippen molar-refractivity contribution in [2.24, 2.45) is 0 Å². The third kappa shape index (κ3) is 2.69. The molecule has 1 saturated heterocycles. The monoisotopic (exact) mass is 271 g/mol. The van der Waals surface area contributed by atoms with Crippen LogP contribution < -0.4 is 5.32 Å². The largest absolute Gasteiger partial charge is 0.480 e. The maximum Gasteiger partial charge on any atom is 0.329 e. The van der Waals surface area contributed by atoms with Gasteiger partial charge in [0.2, 0.25) is 0 Å². The zero-order valence-corrected chi connectivity index (χ0v) is 10.9. The number of hydrogen-bond donors (Lipinski definition) is 2. The quantitative estimate of drug-likeness (QED) is 0.887. The Morgan fingerprint density at radius 3 is 2.59 bits per heavy atom. The molecular formula is C12H14ClNO2S. The van der Waals surface area contributed by atoms with Crippen molar-refractivity contribution in [3.63, 3.8) is 0 Å². The van der Waals surface area contributed by atoms with Gasteiger partial charge in [-0.2, -0.15) is 11.8 Å². The number of nitrogens with one attached hydrogen (secondary N) is 1. The number of carboxylic acids is 1. The van der Waals surface area contributed by atoms with Gasteiger partial charge in [-0.1, -0.05) is 23.7 Å². The molecule has 0 saturated carbocycles. The van der Waals surface area contributed by atoms with Gasteiger partial charge >= 0.3 is 5.97 Å². The summed E-state index contributed by atoms with van der Waals surface area (Å²) in [5.41, 5.74) is -0.167. The van der Waals surface area contributed by atoms with Gasteiger partial charge < -0.3 is 10.4 Å². The van der Waals surface area contributed by atoms with E-state index in [0.717, 1.165) is 11.5 Å². The molecule has 1 heterocycles. The summed E-state index contributed by atoms with van der Waals surface area (Å²) in [5, 5.41) is 13.1. The Balaban J connectivity index is 2.24. The van der Waals surface area contributed by atoms with Crippen LogP contribution in [-0.2, 0) is 4.79 Å². The molecule has 1 aliphatic heterocycles. The SMILES string of the molecule is O=C(O)C1(Nc2ccccc2Cl)CCSCC1. The van der Waals surface area contributed by atoms with Gasteiger partial charge in [0, 0.05) is 0 Å². The summed E-state index contributed by atoms with van der Waals surface area (Å²) in [6.07, 6.45) is 1.25. The van der Waals surface area contributed by atoms with Crippen LogP contribution in [0.3, 0.4) is 0 Å². The normalized spacial score (nSPS) is 18.6. The second-order valence-corrected chi connectivity index (χ2v) is 5.74. The molecule has 2 rings (SSSR count). The summed E-state index contributed by atoms with van der Waals surface area (Å²) in [6.45, 7) is 0. The summed E-state index contributed by atoms with van der Waals surface area (Å²) in [6, 6.07) is 7.25. The lowest BCUT2D eigenvalue weighted by atomic mass is 9.92. The molecule has 2 N–H and O–H groups in total. The molecule has 17 heavy (non-hydrogen) atoms. The first-order chi connectivity index (χ1) is 8.14. The van der Waals surface area contributed by atoms with E-state index in [-0.39, 0.29) is 0 Å². The molecule has 0 radical (unpaired) electrons. The second-order valence-electron chi connectivity index (χ2n) is 4.10. The fourth-order valence-corrected chi connectivity index (χ4v) is 3.31. The number of thioether (sulfide) groups is 1. The molecule has 92 valence electrons. The van der Waals surface area contributed by atoms with Crippen LogP contribution in [0.15, 0.2) is 24.3 Å². The van der Waals surface area contributed by atoms with Crippen LogP contribution in [0, 0.1) is 0 Å². The van der Waals surface area contributed by atoms with Crippen molar-refractivity contribution >= 4 is 35.0 Å². The van der Waals surface area contributed by atoms with Crippen LogP contribution in [0.5, 0.6) is 0 Å².